The van der Waals surface area contributed by atoms with E-state index in [0.29, 0.717) is 18.0 Å². The number of hydrogen-bond acceptors (Lipinski definition) is 4. The summed E-state index contributed by atoms with van der Waals surface area (Å²) < 4.78 is 5.10. The van der Waals surface area contributed by atoms with Gasteiger partial charge in [-0.05, 0) is 25.0 Å². The van der Waals surface area contributed by atoms with E-state index in [4.69, 9.17) is 10.5 Å². The third-order valence-electron chi connectivity index (χ3n) is 4.13. The van der Waals surface area contributed by atoms with Crippen LogP contribution in [0.1, 0.15) is 32.1 Å². The highest BCUT2D eigenvalue weighted by atomic mass is 16.5. The van der Waals surface area contributed by atoms with E-state index in [2.05, 4.69) is 5.32 Å². The Labute approximate surface area is 119 Å². The van der Waals surface area contributed by atoms with Crippen molar-refractivity contribution >= 4 is 11.6 Å². The SMILES string of the molecule is COc1ccc(O)c(NC(=O)C2(CN)CCCCC2)c1. The molecule has 1 aliphatic rings. The van der Waals surface area contributed by atoms with Crippen molar-refractivity contribution < 1.29 is 14.6 Å². The van der Waals surface area contributed by atoms with E-state index in [-0.39, 0.29) is 11.7 Å². The van der Waals surface area contributed by atoms with Crippen LogP contribution in [0, 0.1) is 5.41 Å². The zero-order valence-corrected chi connectivity index (χ0v) is 11.8. The minimum Gasteiger partial charge on any atom is -0.506 e. The van der Waals surface area contributed by atoms with Crippen LogP contribution in [0.25, 0.3) is 0 Å². The second-order valence-corrected chi connectivity index (χ2v) is 5.38. The summed E-state index contributed by atoms with van der Waals surface area (Å²) in [5.74, 6) is 0.508. The largest absolute Gasteiger partial charge is 0.506 e. The summed E-state index contributed by atoms with van der Waals surface area (Å²) in [6.07, 6.45) is 4.81. The molecule has 4 N–H and O–H groups in total. The summed E-state index contributed by atoms with van der Waals surface area (Å²) in [5, 5.41) is 12.6. The number of rotatable bonds is 4. The average Bonchev–Trinajstić information content (AvgIpc) is 2.50. The highest BCUT2D eigenvalue weighted by molar-refractivity contribution is 5.97. The number of amides is 1. The zero-order valence-electron chi connectivity index (χ0n) is 11.8. The molecule has 1 aromatic carbocycles. The van der Waals surface area contributed by atoms with Crippen LogP contribution in [0.3, 0.4) is 0 Å². The van der Waals surface area contributed by atoms with Crippen molar-refractivity contribution in [2.24, 2.45) is 11.1 Å². The standard InChI is InChI=1S/C15H22N2O3/c1-20-11-5-6-13(18)12(9-11)17-14(19)15(10-16)7-3-2-4-8-15/h5-6,9,18H,2-4,7-8,10,16H2,1H3,(H,17,19). The minimum atomic E-state index is -0.506. The lowest BCUT2D eigenvalue weighted by Crippen LogP contribution is -2.43. The zero-order chi connectivity index (χ0) is 14.6. The Kier molecular flexibility index (Phi) is 4.49. The molecule has 0 radical (unpaired) electrons. The lowest BCUT2D eigenvalue weighted by atomic mass is 9.73. The predicted molar refractivity (Wildman–Crippen MR) is 77.9 cm³/mol. The second kappa shape index (κ2) is 6.13. The van der Waals surface area contributed by atoms with E-state index >= 15 is 0 Å². The van der Waals surface area contributed by atoms with Gasteiger partial charge >= 0.3 is 0 Å². The molecule has 2 rings (SSSR count). The van der Waals surface area contributed by atoms with Gasteiger partial charge in [-0.25, -0.2) is 0 Å². The summed E-state index contributed by atoms with van der Waals surface area (Å²) in [5.41, 5.74) is 5.70. The molecule has 1 saturated carbocycles. The molecule has 0 saturated heterocycles. The number of phenols is 1. The van der Waals surface area contributed by atoms with Crippen molar-refractivity contribution in [2.75, 3.05) is 19.0 Å². The number of hydrogen-bond donors (Lipinski definition) is 3. The van der Waals surface area contributed by atoms with E-state index < -0.39 is 5.41 Å². The molecule has 0 spiro atoms. The third-order valence-corrected chi connectivity index (χ3v) is 4.13. The fourth-order valence-corrected chi connectivity index (χ4v) is 2.75. The first-order chi connectivity index (χ1) is 9.61. The second-order valence-electron chi connectivity index (χ2n) is 5.38. The van der Waals surface area contributed by atoms with Gasteiger partial charge in [-0.2, -0.15) is 0 Å². The Morgan fingerprint density at radius 3 is 2.70 bits per heavy atom. The van der Waals surface area contributed by atoms with Crippen molar-refractivity contribution in [1.82, 2.24) is 0 Å². The van der Waals surface area contributed by atoms with Gasteiger partial charge in [-0.3, -0.25) is 4.79 Å². The van der Waals surface area contributed by atoms with Crippen molar-refractivity contribution in [3.05, 3.63) is 18.2 Å². The Morgan fingerprint density at radius 1 is 1.40 bits per heavy atom. The molecule has 20 heavy (non-hydrogen) atoms. The van der Waals surface area contributed by atoms with Crippen molar-refractivity contribution in [2.45, 2.75) is 32.1 Å². The van der Waals surface area contributed by atoms with Crippen molar-refractivity contribution in [1.29, 1.82) is 0 Å². The number of benzene rings is 1. The van der Waals surface area contributed by atoms with Crippen LogP contribution >= 0.6 is 0 Å². The summed E-state index contributed by atoms with van der Waals surface area (Å²) in [6, 6.07) is 4.76. The van der Waals surface area contributed by atoms with Crippen molar-refractivity contribution in [3.63, 3.8) is 0 Å². The van der Waals surface area contributed by atoms with Gasteiger partial charge in [0.1, 0.15) is 11.5 Å². The van der Waals surface area contributed by atoms with Gasteiger partial charge in [0, 0.05) is 12.6 Å². The summed E-state index contributed by atoms with van der Waals surface area (Å²) >= 11 is 0. The highest BCUT2D eigenvalue weighted by Crippen LogP contribution is 2.37. The molecule has 1 aliphatic carbocycles. The van der Waals surface area contributed by atoms with E-state index in [0.717, 1.165) is 32.1 Å². The first-order valence-corrected chi connectivity index (χ1v) is 7.00. The smallest absolute Gasteiger partial charge is 0.231 e. The topological polar surface area (TPSA) is 84.6 Å². The van der Waals surface area contributed by atoms with Gasteiger partial charge in [-0.15, -0.1) is 0 Å². The maximum atomic E-state index is 12.5. The predicted octanol–water partition coefficient (Wildman–Crippen LogP) is 2.25. The summed E-state index contributed by atoms with van der Waals surface area (Å²) in [7, 11) is 1.54. The fraction of sp³-hybridized carbons (Fsp3) is 0.533. The van der Waals surface area contributed by atoms with Crippen LogP contribution in [0.15, 0.2) is 18.2 Å². The van der Waals surface area contributed by atoms with Crippen LogP contribution in [-0.2, 0) is 4.79 Å². The van der Waals surface area contributed by atoms with Crippen LogP contribution in [0.5, 0.6) is 11.5 Å². The van der Waals surface area contributed by atoms with E-state index in [9.17, 15) is 9.90 Å². The highest BCUT2D eigenvalue weighted by Gasteiger charge is 2.38. The molecule has 1 aromatic rings. The minimum absolute atomic E-state index is 0.0298. The lowest BCUT2D eigenvalue weighted by Gasteiger charge is -2.34. The molecule has 1 fully saturated rings. The first kappa shape index (κ1) is 14.7. The molecule has 0 atom stereocenters. The molecule has 5 heteroatoms. The Morgan fingerprint density at radius 2 is 2.10 bits per heavy atom. The van der Waals surface area contributed by atoms with Gasteiger partial charge in [0.25, 0.3) is 0 Å². The van der Waals surface area contributed by atoms with Crippen LogP contribution < -0.4 is 15.8 Å². The van der Waals surface area contributed by atoms with E-state index in [1.807, 2.05) is 0 Å². The number of carbonyl (C=O) groups is 1. The number of anilines is 1. The fourth-order valence-electron chi connectivity index (χ4n) is 2.75. The van der Waals surface area contributed by atoms with Gasteiger partial charge in [-0.1, -0.05) is 19.3 Å². The van der Waals surface area contributed by atoms with Crippen LogP contribution in [-0.4, -0.2) is 24.7 Å². The number of nitrogens with two attached hydrogens (primary N) is 1. The molecule has 110 valence electrons. The first-order valence-electron chi connectivity index (χ1n) is 7.00. The Hall–Kier alpha value is -1.75. The molecular formula is C15H22N2O3. The number of carbonyl (C=O) groups excluding carboxylic acids is 1. The van der Waals surface area contributed by atoms with E-state index in [1.54, 1.807) is 19.2 Å². The molecule has 0 heterocycles. The molecule has 5 nitrogen and oxygen atoms in total. The average molecular weight is 278 g/mol. The number of methoxy groups -OCH3 is 1. The quantitative estimate of drug-likeness (QED) is 0.737. The van der Waals surface area contributed by atoms with E-state index in [1.165, 1.54) is 6.07 Å². The molecule has 1 amide bonds. The number of ether oxygens (including phenoxy) is 1. The number of aromatic hydroxyl groups is 1. The number of nitrogens with one attached hydrogen (secondary N) is 1. The lowest BCUT2D eigenvalue weighted by molar-refractivity contribution is -0.126. The monoisotopic (exact) mass is 278 g/mol. The van der Waals surface area contributed by atoms with Gasteiger partial charge in [0.15, 0.2) is 0 Å². The summed E-state index contributed by atoms with van der Waals surface area (Å²) in [6.45, 7) is 0.337. The van der Waals surface area contributed by atoms with Gasteiger partial charge < -0.3 is 20.9 Å². The van der Waals surface area contributed by atoms with Crippen LogP contribution in [0.2, 0.25) is 0 Å². The summed E-state index contributed by atoms with van der Waals surface area (Å²) in [4.78, 5) is 12.5. The van der Waals surface area contributed by atoms with Crippen molar-refractivity contribution in [3.8, 4) is 11.5 Å². The molecule has 0 bridgehead atoms. The number of phenolic OH excluding ortho intramolecular Hbond substituents is 1. The maximum absolute atomic E-state index is 12.5. The molecule has 0 unspecified atom stereocenters. The molecule has 0 aromatic heterocycles. The molecular weight excluding hydrogens is 256 g/mol. The Bertz CT molecular complexity index is 482. The van der Waals surface area contributed by atoms with Gasteiger partial charge in [0.05, 0.1) is 18.2 Å². The maximum Gasteiger partial charge on any atom is 0.231 e. The normalized spacial score (nSPS) is 17.5. The van der Waals surface area contributed by atoms with Gasteiger partial charge in [0.2, 0.25) is 5.91 Å². The third kappa shape index (κ3) is 2.88. The van der Waals surface area contributed by atoms with Crippen LogP contribution in [0.4, 0.5) is 5.69 Å². The Balaban J connectivity index is 2.18. The molecule has 0 aliphatic heterocycles.